The fraction of sp³-hybridized carbons (Fsp3) is 0.696. The second kappa shape index (κ2) is 10.0. The van der Waals surface area contributed by atoms with Crippen LogP contribution in [0.25, 0.3) is 10.2 Å². The highest BCUT2D eigenvalue weighted by Gasteiger charge is 2.26. The topological polar surface area (TPSA) is 73.2 Å². The van der Waals surface area contributed by atoms with Crippen LogP contribution in [0.15, 0.2) is 9.95 Å². The molecule has 1 aliphatic heterocycles. The van der Waals surface area contributed by atoms with Gasteiger partial charge in [-0.15, -0.1) is 11.3 Å². The molecule has 1 saturated heterocycles. The Kier molecular flexibility index (Phi) is 7.39. The number of aromatic nitrogens is 2. The van der Waals surface area contributed by atoms with Gasteiger partial charge in [-0.3, -0.25) is 14.2 Å². The van der Waals surface area contributed by atoms with Gasteiger partial charge in [0.15, 0.2) is 5.16 Å². The van der Waals surface area contributed by atoms with Crippen molar-refractivity contribution in [1.29, 1.82) is 0 Å². The minimum atomic E-state index is -0.311. The molecule has 0 radical (unpaired) electrons. The van der Waals surface area contributed by atoms with Gasteiger partial charge in [0.2, 0.25) is 5.91 Å². The van der Waals surface area contributed by atoms with Gasteiger partial charge in [0, 0.05) is 17.5 Å². The number of carbonyl (C=O) groups excluding carboxylic acids is 1. The Morgan fingerprint density at radius 2 is 2.06 bits per heavy atom. The van der Waals surface area contributed by atoms with E-state index >= 15 is 0 Å². The second-order valence-corrected chi connectivity index (χ2v) is 11.2. The molecule has 6 nitrogen and oxygen atoms in total. The summed E-state index contributed by atoms with van der Waals surface area (Å²) in [6.45, 7) is 7.29. The van der Waals surface area contributed by atoms with Gasteiger partial charge < -0.3 is 10.1 Å². The van der Waals surface area contributed by atoms with E-state index < -0.39 is 0 Å². The molecule has 0 unspecified atom stereocenters. The Labute approximate surface area is 192 Å². The largest absolute Gasteiger partial charge is 0.376 e. The van der Waals surface area contributed by atoms with Crippen molar-refractivity contribution in [2.75, 3.05) is 6.61 Å². The van der Waals surface area contributed by atoms with Crippen molar-refractivity contribution >= 4 is 39.2 Å². The highest BCUT2D eigenvalue weighted by Crippen LogP contribution is 2.31. The first-order chi connectivity index (χ1) is 15.0. The predicted molar refractivity (Wildman–Crippen MR) is 127 cm³/mol. The Hall–Kier alpha value is -1.38. The molecule has 2 atom stereocenters. The van der Waals surface area contributed by atoms with E-state index in [1.165, 1.54) is 31.0 Å². The molecule has 2 aromatic rings. The van der Waals surface area contributed by atoms with E-state index in [0.29, 0.717) is 11.7 Å². The first kappa shape index (κ1) is 22.8. The van der Waals surface area contributed by atoms with E-state index in [1.54, 1.807) is 15.9 Å². The van der Waals surface area contributed by atoms with Gasteiger partial charge in [-0.2, -0.15) is 0 Å². The Morgan fingerprint density at radius 3 is 2.74 bits per heavy atom. The van der Waals surface area contributed by atoms with Crippen molar-refractivity contribution in [3.05, 3.63) is 20.8 Å². The van der Waals surface area contributed by atoms with Crippen LogP contribution in [0.2, 0.25) is 0 Å². The van der Waals surface area contributed by atoms with Crippen LogP contribution < -0.4 is 10.9 Å². The molecule has 8 heteroatoms. The lowest BCUT2D eigenvalue weighted by Gasteiger charge is -2.24. The third-order valence-electron chi connectivity index (χ3n) is 6.44. The van der Waals surface area contributed by atoms with E-state index in [0.717, 1.165) is 59.4 Å². The lowest BCUT2D eigenvalue weighted by Crippen LogP contribution is -2.40. The maximum absolute atomic E-state index is 13.6. The average Bonchev–Trinajstić information content (AvgIpc) is 3.38. The van der Waals surface area contributed by atoms with E-state index in [4.69, 9.17) is 9.72 Å². The van der Waals surface area contributed by atoms with Gasteiger partial charge in [-0.1, -0.05) is 37.9 Å². The van der Waals surface area contributed by atoms with Gasteiger partial charge >= 0.3 is 0 Å². The molecule has 0 aromatic carbocycles. The van der Waals surface area contributed by atoms with Crippen molar-refractivity contribution < 1.29 is 9.53 Å². The van der Waals surface area contributed by atoms with E-state index in [9.17, 15) is 9.59 Å². The average molecular weight is 464 g/mol. The third-order valence-corrected chi connectivity index (χ3v) is 8.58. The molecule has 3 heterocycles. The quantitative estimate of drug-likeness (QED) is 0.485. The molecule has 4 rings (SSSR count). The summed E-state index contributed by atoms with van der Waals surface area (Å²) < 4.78 is 7.58. The van der Waals surface area contributed by atoms with Gasteiger partial charge in [0.05, 0.1) is 23.3 Å². The number of hydrogen-bond acceptors (Lipinski definition) is 6. The fourth-order valence-corrected chi connectivity index (χ4v) is 6.76. The van der Waals surface area contributed by atoms with Gasteiger partial charge in [0.1, 0.15) is 4.83 Å². The SMILES string of the molecule is CCc1c(C)sc2nc(S[C@H](C)C(=O)NC3CCCCC3)n(C[C@@H]3CCCO3)c(=O)c12. The number of thiophene rings is 1. The molecule has 0 bridgehead atoms. The summed E-state index contributed by atoms with van der Waals surface area (Å²) in [6, 6.07) is 0.279. The van der Waals surface area contributed by atoms with Crippen LogP contribution in [0.5, 0.6) is 0 Å². The zero-order valence-corrected chi connectivity index (χ0v) is 20.4. The van der Waals surface area contributed by atoms with Crippen LogP contribution >= 0.6 is 23.1 Å². The first-order valence-electron chi connectivity index (χ1n) is 11.6. The standard InChI is InChI=1S/C23H33N3O3S2/c1-4-18-14(2)30-21-19(18)22(28)26(13-17-11-8-12-29-17)23(25-21)31-15(3)20(27)24-16-9-6-5-7-10-16/h15-17H,4-13H2,1-3H3,(H,24,27)/t15-,17+/m1/s1. The number of fused-ring (bicyclic) bond motifs is 1. The Bertz CT molecular complexity index is 988. The van der Waals surface area contributed by atoms with Crippen LogP contribution in [0.3, 0.4) is 0 Å². The highest BCUT2D eigenvalue weighted by molar-refractivity contribution is 8.00. The number of amides is 1. The number of hydrogen-bond donors (Lipinski definition) is 1. The smallest absolute Gasteiger partial charge is 0.263 e. The molecule has 1 aliphatic carbocycles. The Morgan fingerprint density at radius 1 is 1.29 bits per heavy atom. The first-order valence-corrected chi connectivity index (χ1v) is 13.3. The van der Waals surface area contributed by atoms with Crippen molar-refractivity contribution in [2.24, 2.45) is 0 Å². The van der Waals surface area contributed by atoms with Crippen molar-refractivity contribution in [3.8, 4) is 0 Å². The molecule has 2 fully saturated rings. The number of nitrogens with zero attached hydrogens (tertiary/aromatic N) is 2. The zero-order chi connectivity index (χ0) is 22.0. The van der Waals surface area contributed by atoms with E-state index in [2.05, 4.69) is 19.2 Å². The van der Waals surface area contributed by atoms with Crippen molar-refractivity contribution in [1.82, 2.24) is 14.9 Å². The van der Waals surface area contributed by atoms with Crippen LogP contribution in [-0.4, -0.2) is 39.5 Å². The van der Waals surface area contributed by atoms with Gasteiger partial charge in [0.25, 0.3) is 5.56 Å². The van der Waals surface area contributed by atoms with Crippen molar-refractivity contribution in [3.63, 3.8) is 0 Å². The summed E-state index contributed by atoms with van der Waals surface area (Å²) in [6.07, 6.45) is 8.58. The van der Waals surface area contributed by atoms with E-state index in [1.807, 2.05) is 6.92 Å². The minimum absolute atomic E-state index is 0.00379. The number of nitrogens with one attached hydrogen (secondary N) is 1. The maximum Gasteiger partial charge on any atom is 0.263 e. The van der Waals surface area contributed by atoms with Crippen LogP contribution in [0, 0.1) is 6.92 Å². The zero-order valence-electron chi connectivity index (χ0n) is 18.7. The lowest BCUT2D eigenvalue weighted by molar-refractivity contribution is -0.121. The predicted octanol–water partition coefficient (Wildman–Crippen LogP) is 4.44. The molecule has 31 heavy (non-hydrogen) atoms. The molecule has 2 aromatic heterocycles. The van der Waals surface area contributed by atoms with Gasteiger partial charge in [-0.25, -0.2) is 4.98 Å². The molecular formula is C23H33N3O3S2. The summed E-state index contributed by atoms with van der Waals surface area (Å²) in [5.41, 5.74) is 1.10. The van der Waals surface area contributed by atoms with Crippen LogP contribution in [0.1, 0.15) is 69.2 Å². The fourth-order valence-electron chi connectivity index (χ4n) is 4.68. The Balaban J connectivity index is 1.62. The van der Waals surface area contributed by atoms with E-state index in [-0.39, 0.29) is 28.9 Å². The molecule has 170 valence electrons. The number of carbonyl (C=O) groups is 1. The molecule has 1 saturated carbocycles. The molecular weight excluding hydrogens is 430 g/mol. The second-order valence-electron chi connectivity index (χ2n) is 8.72. The van der Waals surface area contributed by atoms with Crippen LogP contribution in [-0.2, 0) is 22.5 Å². The normalized spacial score (nSPS) is 20.9. The van der Waals surface area contributed by atoms with Crippen molar-refractivity contribution in [2.45, 2.75) is 101 Å². The molecule has 1 N–H and O–H groups in total. The summed E-state index contributed by atoms with van der Waals surface area (Å²) >= 11 is 2.97. The highest BCUT2D eigenvalue weighted by atomic mass is 32.2. The summed E-state index contributed by atoms with van der Waals surface area (Å²) in [4.78, 5) is 33.2. The summed E-state index contributed by atoms with van der Waals surface area (Å²) in [7, 11) is 0. The van der Waals surface area contributed by atoms with Gasteiger partial charge in [-0.05, 0) is 51.5 Å². The number of aryl methyl sites for hydroxylation is 2. The number of ether oxygens (including phenoxy) is 1. The molecule has 0 spiro atoms. The molecule has 2 aliphatic rings. The minimum Gasteiger partial charge on any atom is -0.376 e. The number of thioether (sulfide) groups is 1. The summed E-state index contributed by atoms with van der Waals surface area (Å²) in [5, 5.41) is 4.27. The van der Waals surface area contributed by atoms with Crippen LogP contribution in [0.4, 0.5) is 0 Å². The summed E-state index contributed by atoms with van der Waals surface area (Å²) in [5.74, 6) is 0.0338. The monoisotopic (exact) mass is 463 g/mol. The number of rotatable bonds is 7. The third kappa shape index (κ3) is 5.01. The lowest BCUT2D eigenvalue weighted by atomic mass is 9.95. The maximum atomic E-state index is 13.6. The molecule has 1 amide bonds.